The highest BCUT2D eigenvalue weighted by molar-refractivity contribution is 5.89. The van der Waals surface area contributed by atoms with Crippen LogP contribution in [-0.4, -0.2) is 66.2 Å². The molecular weight excluding hydrogens is 398 g/mol. The van der Waals surface area contributed by atoms with Gasteiger partial charge < -0.3 is 19.8 Å². The molecule has 0 aromatic carbocycles. The van der Waals surface area contributed by atoms with Crippen molar-refractivity contribution in [3.63, 3.8) is 0 Å². The summed E-state index contributed by atoms with van der Waals surface area (Å²) in [6.07, 6.45) is 3.86. The Hall–Kier alpha value is -1.73. The summed E-state index contributed by atoms with van der Waals surface area (Å²) < 4.78 is 5.07. The number of fused-ring (bicyclic) bond motifs is 3. The zero-order chi connectivity index (χ0) is 23.1. The number of aliphatic hydroxyl groups excluding tert-OH is 2. The fourth-order valence-electron chi connectivity index (χ4n) is 6.85. The average molecular weight is 436 g/mol. The number of aliphatic hydroxyl groups is 2. The van der Waals surface area contributed by atoms with Gasteiger partial charge in [0.25, 0.3) is 0 Å². The van der Waals surface area contributed by atoms with E-state index in [1.807, 2.05) is 6.92 Å². The van der Waals surface area contributed by atoms with Crippen LogP contribution >= 0.6 is 0 Å². The largest absolute Gasteiger partial charge is 0.469 e. The molecule has 2 N–H and O–H groups in total. The van der Waals surface area contributed by atoms with Crippen molar-refractivity contribution < 1.29 is 29.3 Å². The van der Waals surface area contributed by atoms with E-state index in [-0.39, 0.29) is 60.3 Å². The Morgan fingerprint density at radius 2 is 1.97 bits per heavy atom. The van der Waals surface area contributed by atoms with E-state index < -0.39 is 17.5 Å². The van der Waals surface area contributed by atoms with Gasteiger partial charge >= 0.3 is 5.97 Å². The fourth-order valence-corrected chi connectivity index (χ4v) is 6.85. The van der Waals surface area contributed by atoms with Crippen molar-refractivity contribution in [2.45, 2.75) is 59.0 Å². The fraction of sp³-hybridized carbons (Fsp3) is 0.792. The van der Waals surface area contributed by atoms with Crippen LogP contribution < -0.4 is 0 Å². The summed E-state index contributed by atoms with van der Waals surface area (Å²) in [7, 11) is 2.99. The number of hydrogen-bond acceptors (Lipinski definition) is 6. The quantitative estimate of drug-likeness (QED) is 0.517. The lowest BCUT2D eigenvalue weighted by Crippen LogP contribution is -2.63. The minimum absolute atomic E-state index is 0.0493. The smallest absolute Gasteiger partial charge is 0.314 e. The molecule has 31 heavy (non-hydrogen) atoms. The molecule has 0 aliphatic heterocycles. The van der Waals surface area contributed by atoms with Gasteiger partial charge in [0.1, 0.15) is 5.78 Å². The van der Waals surface area contributed by atoms with E-state index in [0.717, 1.165) is 24.8 Å². The number of rotatable bonds is 4. The Morgan fingerprint density at radius 3 is 2.58 bits per heavy atom. The van der Waals surface area contributed by atoms with Crippen LogP contribution in [0.3, 0.4) is 0 Å². The third kappa shape index (κ3) is 3.74. The zero-order valence-electron chi connectivity index (χ0n) is 19.4. The zero-order valence-corrected chi connectivity index (χ0v) is 19.4. The Bertz CT molecular complexity index is 778. The minimum atomic E-state index is -1.09. The minimum Gasteiger partial charge on any atom is -0.469 e. The SMILES string of the molecule is COC(=O)[C@]1(C)[C@@H]2CC(=O)[C@H]3[C@@H](C)C(=CC(=O)N(C)CCO)CC[C@@H]3[C@@]2(C)CC[C@@H]1O. The summed E-state index contributed by atoms with van der Waals surface area (Å²) in [6, 6.07) is 0. The number of amides is 1. The van der Waals surface area contributed by atoms with Gasteiger partial charge in [0.05, 0.1) is 25.2 Å². The maximum atomic E-state index is 13.4. The lowest BCUT2D eigenvalue weighted by molar-refractivity contribution is -0.197. The number of carbonyl (C=O) groups excluding carboxylic acids is 3. The number of Topliss-reactive ketones (excluding diaryl/α,β-unsaturated/α-hetero) is 1. The number of esters is 1. The van der Waals surface area contributed by atoms with E-state index in [2.05, 4.69) is 6.92 Å². The molecule has 0 heterocycles. The van der Waals surface area contributed by atoms with Gasteiger partial charge in [0.2, 0.25) is 5.91 Å². The van der Waals surface area contributed by atoms with Crippen molar-refractivity contribution in [1.29, 1.82) is 0 Å². The number of methoxy groups -OCH3 is 1. The summed E-state index contributed by atoms with van der Waals surface area (Å²) in [5.74, 6) is -0.871. The summed E-state index contributed by atoms with van der Waals surface area (Å²) in [5, 5.41) is 19.9. The highest BCUT2D eigenvalue weighted by atomic mass is 16.5. The van der Waals surface area contributed by atoms with Crippen LogP contribution in [0.2, 0.25) is 0 Å². The molecule has 3 saturated carbocycles. The lowest BCUT2D eigenvalue weighted by atomic mass is 9.42. The molecule has 0 saturated heterocycles. The van der Waals surface area contributed by atoms with Crippen LogP contribution in [0.15, 0.2) is 11.6 Å². The van der Waals surface area contributed by atoms with Gasteiger partial charge in [0.15, 0.2) is 0 Å². The summed E-state index contributed by atoms with van der Waals surface area (Å²) >= 11 is 0. The van der Waals surface area contributed by atoms with E-state index in [1.54, 1.807) is 20.0 Å². The number of nitrogens with zero attached hydrogens (tertiary/aromatic N) is 1. The molecule has 3 aliphatic carbocycles. The average Bonchev–Trinajstić information content (AvgIpc) is 2.74. The van der Waals surface area contributed by atoms with Crippen molar-refractivity contribution in [2.24, 2.45) is 34.5 Å². The van der Waals surface area contributed by atoms with Crippen LogP contribution in [0.4, 0.5) is 0 Å². The molecule has 0 aromatic heterocycles. The van der Waals surface area contributed by atoms with Crippen LogP contribution in [0, 0.1) is 34.5 Å². The standard InChI is InChI=1S/C24H37NO6/c1-14-15(12-20(29)25(4)10-11-26)6-7-16-21(14)17(27)13-18-23(16,2)9-8-19(28)24(18,3)22(30)31-5/h12,14,16,18-19,21,26,28H,6-11,13H2,1-5H3/t14-,16-,18+,19-,21-,23+,24+/m0/s1. The molecule has 3 rings (SSSR count). The van der Waals surface area contributed by atoms with Gasteiger partial charge in [-0.2, -0.15) is 0 Å². The molecule has 0 unspecified atom stereocenters. The number of likely N-dealkylation sites (N-methyl/N-ethyl adjacent to an activating group) is 1. The predicted octanol–water partition coefficient (Wildman–Crippen LogP) is 1.96. The van der Waals surface area contributed by atoms with Crippen LogP contribution in [-0.2, 0) is 19.1 Å². The van der Waals surface area contributed by atoms with Crippen LogP contribution in [0.25, 0.3) is 0 Å². The van der Waals surface area contributed by atoms with Crippen molar-refractivity contribution >= 4 is 17.7 Å². The number of ether oxygens (including phenoxy) is 1. The molecule has 7 atom stereocenters. The Labute approximate surface area is 184 Å². The monoisotopic (exact) mass is 435 g/mol. The first kappa shape index (κ1) is 23.9. The van der Waals surface area contributed by atoms with E-state index in [0.29, 0.717) is 6.42 Å². The molecule has 0 spiro atoms. The normalized spacial score (nSPS) is 41.3. The third-order valence-electron chi connectivity index (χ3n) is 8.84. The maximum absolute atomic E-state index is 13.4. The van der Waals surface area contributed by atoms with E-state index in [4.69, 9.17) is 9.84 Å². The van der Waals surface area contributed by atoms with Crippen molar-refractivity contribution in [1.82, 2.24) is 4.90 Å². The summed E-state index contributed by atoms with van der Waals surface area (Å²) in [6.45, 7) is 6.15. The van der Waals surface area contributed by atoms with Crippen LogP contribution in [0.1, 0.15) is 52.9 Å². The molecule has 7 nitrogen and oxygen atoms in total. The molecule has 0 bridgehead atoms. The summed E-state index contributed by atoms with van der Waals surface area (Å²) in [4.78, 5) is 40.1. The van der Waals surface area contributed by atoms with Crippen LogP contribution in [0.5, 0.6) is 0 Å². The topological polar surface area (TPSA) is 104 Å². The maximum Gasteiger partial charge on any atom is 0.314 e. The van der Waals surface area contributed by atoms with Gasteiger partial charge in [-0.1, -0.05) is 19.4 Å². The van der Waals surface area contributed by atoms with Crippen molar-refractivity contribution in [3.8, 4) is 0 Å². The van der Waals surface area contributed by atoms with Gasteiger partial charge in [-0.05, 0) is 55.8 Å². The Balaban J connectivity index is 1.92. The van der Waals surface area contributed by atoms with E-state index in [1.165, 1.54) is 12.0 Å². The molecular formula is C24H37NO6. The van der Waals surface area contributed by atoms with Crippen molar-refractivity contribution in [3.05, 3.63) is 11.6 Å². The lowest BCUT2D eigenvalue weighted by Gasteiger charge is -2.61. The second-order valence-electron chi connectivity index (χ2n) is 10.2. The molecule has 0 aromatic rings. The van der Waals surface area contributed by atoms with E-state index in [9.17, 15) is 19.5 Å². The molecule has 0 radical (unpaired) electrons. The Morgan fingerprint density at radius 1 is 1.29 bits per heavy atom. The molecule has 174 valence electrons. The molecule has 3 fully saturated rings. The predicted molar refractivity (Wildman–Crippen MR) is 115 cm³/mol. The first-order valence-corrected chi connectivity index (χ1v) is 11.4. The number of hydrogen-bond donors (Lipinski definition) is 2. The second kappa shape index (κ2) is 8.66. The molecule has 3 aliphatic rings. The third-order valence-corrected chi connectivity index (χ3v) is 8.84. The highest BCUT2D eigenvalue weighted by Crippen LogP contribution is 2.64. The summed E-state index contributed by atoms with van der Waals surface area (Å²) in [5.41, 5.74) is -0.360. The molecule has 7 heteroatoms. The number of carbonyl (C=O) groups is 3. The first-order valence-electron chi connectivity index (χ1n) is 11.4. The van der Waals surface area contributed by atoms with Crippen molar-refractivity contribution in [2.75, 3.05) is 27.3 Å². The number of allylic oxidation sites excluding steroid dienone is 1. The second-order valence-corrected chi connectivity index (χ2v) is 10.2. The first-order chi connectivity index (χ1) is 14.5. The highest BCUT2D eigenvalue weighted by Gasteiger charge is 2.65. The van der Waals surface area contributed by atoms with E-state index >= 15 is 0 Å². The van der Waals surface area contributed by atoms with Gasteiger partial charge in [-0.15, -0.1) is 0 Å². The number of ketones is 1. The molecule has 1 amide bonds. The van der Waals surface area contributed by atoms with Gasteiger partial charge in [-0.25, -0.2) is 0 Å². The van der Waals surface area contributed by atoms with Gasteiger partial charge in [-0.3, -0.25) is 14.4 Å². The van der Waals surface area contributed by atoms with Gasteiger partial charge in [0, 0.05) is 32.0 Å². The Kier molecular flexibility index (Phi) is 6.68.